The highest BCUT2D eigenvalue weighted by Gasteiger charge is 2.01. The number of rotatable bonds is 5. The molecule has 1 atom stereocenters. The van der Waals surface area contributed by atoms with Gasteiger partial charge in [0.15, 0.2) is 0 Å². The highest BCUT2D eigenvalue weighted by Crippen LogP contribution is 2.12. The first kappa shape index (κ1) is 13.9. The Bertz CT molecular complexity index is 404. The van der Waals surface area contributed by atoms with Gasteiger partial charge in [-0.15, -0.1) is 0 Å². The number of nitrogens with one attached hydrogen (secondary N) is 1. The molecule has 1 amide bonds. The van der Waals surface area contributed by atoms with E-state index in [9.17, 15) is 4.79 Å². The van der Waals surface area contributed by atoms with Gasteiger partial charge in [0.05, 0.1) is 0 Å². The van der Waals surface area contributed by atoms with E-state index in [-0.39, 0.29) is 18.4 Å². The van der Waals surface area contributed by atoms with E-state index in [0.29, 0.717) is 6.54 Å². The Morgan fingerprint density at radius 3 is 3.00 bits per heavy atom. The fraction of sp³-hybridized carbons (Fsp3) is 0.308. The van der Waals surface area contributed by atoms with Crippen LogP contribution in [-0.2, 0) is 4.79 Å². The van der Waals surface area contributed by atoms with Crippen LogP contribution in [0.25, 0.3) is 6.08 Å². The lowest BCUT2D eigenvalue weighted by atomic mass is 10.2. The normalized spacial score (nSPS) is 12.6. The van der Waals surface area contributed by atoms with Gasteiger partial charge in [-0.2, -0.15) is 0 Å². The maximum Gasteiger partial charge on any atom is 0.244 e. The van der Waals surface area contributed by atoms with E-state index >= 15 is 0 Å². The topological polar surface area (TPSA) is 49.3 Å². The highest BCUT2D eigenvalue weighted by molar-refractivity contribution is 9.10. The molecule has 1 rings (SSSR count). The number of halogens is 1. The van der Waals surface area contributed by atoms with Gasteiger partial charge in [-0.05, 0) is 29.7 Å². The van der Waals surface area contributed by atoms with Crippen molar-refractivity contribution < 1.29 is 9.90 Å². The number of benzene rings is 1. The summed E-state index contributed by atoms with van der Waals surface area (Å²) in [5.41, 5.74) is 0.963. The van der Waals surface area contributed by atoms with Gasteiger partial charge in [0.1, 0.15) is 0 Å². The van der Waals surface area contributed by atoms with Crippen LogP contribution in [0, 0.1) is 5.92 Å². The van der Waals surface area contributed by atoms with Crippen molar-refractivity contribution in [2.24, 2.45) is 5.92 Å². The quantitative estimate of drug-likeness (QED) is 0.819. The zero-order valence-corrected chi connectivity index (χ0v) is 11.3. The molecule has 2 N–H and O–H groups in total. The number of amides is 1. The molecule has 0 fully saturated rings. The first-order valence-corrected chi connectivity index (χ1v) is 6.23. The van der Waals surface area contributed by atoms with Crippen LogP contribution in [0.3, 0.4) is 0 Å². The Morgan fingerprint density at radius 1 is 1.59 bits per heavy atom. The molecule has 0 radical (unpaired) electrons. The van der Waals surface area contributed by atoms with E-state index in [4.69, 9.17) is 5.11 Å². The van der Waals surface area contributed by atoms with E-state index in [1.165, 1.54) is 6.08 Å². The van der Waals surface area contributed by atoms with Crippen molar-refractivity contribution in [2.45, 2.75) is 6.92 Å². The summed E-state index contributed by atoms with van der Waals surface area (Å²) in [6.45, 7) is 2.44. The third kappa shape index (κ3) is 5.65. The van der Waals surface area contributed by atoms with Crippen LogP contribution in [0.2, 0.25) is 0 Å². The van der Waals surface area contributed by atoms with Crippen LogP contribution < -0.4 is 5.32 Å². The summed E-state index contributed by atoms with van der Waals surface area (Å²) in [6, 6.07) is 7.70. The molecule has 0 aliphatic rings. The standard InChI is InChI=1S/C13H16BrNO2/c1-10(9-16)8-15-13(17)6-5-11-3-2-4-12(14)7-11/h2-7,10,16H,8-9H2,1H3,(H,15,17). The SMILES string of the molecule is CC(CO)CNC(=O)C=Cc1cccc(Br)c1. The van der Waals surface area contributed by atoms with E-state index in [1.807, 2.05) is 31.2 Å². The van der Waals surface area contributed by atoms with Gasteiger partial charge in [-0.25, -0.2) is 0 Å². The lowest BCUT2D eigenvalue weighted by Crippen LogP contribution is -2.27. The second kappa shape index (κ2) is 7.25. The van der Waals surface area contributed by atoms with Gasteiger partial charge in [-0.1, -0.05) is 35.0 Å². The fourth-order valence-electron chi connectivity index (χ4n) is 1.18. The molecule has 1 aromatic carbocycles. The lowest BCUT2D eigenvalue weighted by Gasteiger charge is -2.07. The molecule has 0 aliphatic carbocycles. The maximum atomic E-state index is 11.4. The van der Waals surface area contributed by atoms with Crippen molar-refractivity contribution in [1.29, 1.82) is 0 Å². The van der Waals surface area contributed by atoms with Crippen LogP contribution in [-0.4, -0.2) is 24.2 Å². The molecule has 1 unspecified atom stereocenters. The van der Waals surface area contributed by atoms with Crippen molar-refractivity contribution >= 4 is 27.9 Å². The van der Waals surface area contributed by atoms with Crippen molar-refractivity contribution in [3.05, 3.63) is 40.4 Å². The van der Waals surface area contributed by atoms with Crippen LogP contribution in [0.4, 0.5) is 0 Å². The summed E-state index contributed by atoms with van der Waals surface area (Å²) >= 11 is 3.37. The highest BCUT2D eigenvalue weighted by atomic mass is 79.9. The Labute approximate surface area is 110 Å². The molecule has 0 aromatic heterocycles. The summed E-state index contributed by atoms with van der Waals surface area (Å²) in [7, 11) is 0. The number of hydrogen-bond donors (Lipinski definition) is 2. The Hall–Kier alpha value is -1.13. The second-order valence-electron chi connectivity index (χ2n) is 3.92. The molecule has 0 spiro atoms. The molecule has 4 heteroatoms. The van der Waals surface area contributed by atoms with Crippen molar-refractivity contribution in [3.63, 3.8) is 0 Å². The van der Waals surface area contributed by atoms with E-state index in [0.717, 1.165) is 10.0 Å². The van der Waals surface area contributed by atoms with Gasteiger partial charge in [0, 0.05) is 23.7 Å². The monoisotopic (exact) mass is 297 g/mol. The average molecular weight is 298 g/mol. The smallest absolute Gasteiger partial charge is 0.244 e. The van der Waals surface area contributed by atoms with Gasteiger partial charge in [0.25, 0.3) is 0 Å². The predicted molar refractivity (Wildman–Crippen MR) is 72.4 cm³/mol. The number of carbonyl (C=O) groups is 1. The predicted octanol–water partition coefficient (Wildman–Crippen LogP) is 2.21. The van der Waals surface area contributed by atoms with Crippen LogP contribution in [0.1, 0.15) is 12.5 Å². The Balaban J connectivity index is 2.45. The average Bonchev–Trinajstić information content (AvgIpc) is 2.33. The minimum atomic E-state index is -0.148. The molecule has 0 saturated heterocycles. The Morgan fingerprint density at radius 2 is 2.35 bits per heavy atom. The van der Waals surface area contributed by atoms with Gasteiger partial charge < -0.3 is 10.4 Å². The first-order valence-electron chi connectivity index (χ1n) is 5.44. The van der Waals surface area contributed by atoms with Crippen LogP contribution in [0.15, 0.2) is 34.8 Å². The number of aliphatic hydroxyl groups is 1. The van der Waals surface area contributed by atoms with Gasteiger partial charge >= 0.3 is 0 Å². The van der Waals surface area contributed by atoms with E-state index in [1.54, 1.807) is 6.08 Å². The summed E-state index contributed by atoms with van der Waals surface area (Å²) < 4.78 is 0.981. The largest absolute Gasteiger partial charge is 0.396 e. The zero-order chi connectivity index (χ0) is 12.7. The molecule has 0 aliphatic heterocycles. The van der Waals surface area contributed by atoms with Crippen LogP contribution >= 0.6 is 15.9 Å². The molecule has 0 saturated carbocycles. The first-order chi connectivity index (χ1) is 8.11. The molecule has 1 aromatic rings. The fourth-order valence-corrected chi connectivity index (χ4v) is 1.60. The molecular formula is C13H16BrNO2. The number of aliphatic hydroxyl groups excluding tert-OH is 1. The molecule has 92 valence electrons. The van der Waals surface area contributed by atoms with Crippen molar-refractivity contribution in [1.82, 2.24) is 5.32 Å². The third-order valence-electron chi connectivity index (χ3n) is 2.21. The molecule has 3 nitrogen and oxygen atoms in total. The summed E-state index contributed by atoms with van der Waals surface area (Å²) in [4.78, 5) is 11.4. The van der Waals surface area contributed by atoms with Gasteiger partial charge in [-0.3, -0.25) is 4.79 Å². The summed E-state index contributed by atoms with van der Waals surface area (Å²) in [5, 5.41) is 11.5. The lowest BCUT2D eigenvalue weighted by molar-refractivity contribution is -0.116. The Kier molecular flexibility index (Phi) is 5.94. The van der Waals surface area contributed by atoms with E-state index < -0.39 is 0 Å². The third-order valence-corrected chi connectivity index (χ3v) is 2.71. The second-order valence-corrected chi connectivity index (χ2v) is 4.84. The summed E-state index contributed by atoms with van der Waals surface area (Å²) in [6.07, 6.45) is 3.25. The van der Waals surface area contributed by atoms with E-state index in [2.05, 4.69) is 21.2 Å². The minimum Gasteiger partial charge on any atom is -0.396 e. The van der Waals surface area contributed by atoms with Crippen molar-refractivity contribution in [3.8, 4) is 0 Å². The van der Waals surface area contributed by atoms with Crippen molar-refractivity contribution in [2.75, 3.05) is 13.2 Å². The number of hydrogen-bond acceptors (Lipinski definition) is 2. The molecular weight excluding hydrogens is 282 g/mol. The zero-order valence-electron chi connectivity index (χ0n) is 9.69. The molecule has 17 heavy (non-hydrogen) atoms. The minimum absolute atomic E-state index is 0.0790. The van der Waals surface area contributed by atoms with Crippen LogP contribution in [0.5, 0.6) is 0 Å². The molecule has 0 heterocycles. The maximum absolute atomic E-state index is 11.4. The molecule has 0 bridgehead atoms. The number of carbonyl (C=O) groups excluding carboxylic acids is 1. The van der Waals surface area contributed by atoms with Gasteiger partial charge in [0.2, 0.25) is 5.91 Å². The summed E-state index contributed by atoms with van der Waals surface area (Å²) in [5.74, 6) is -0.0662.